The average molecular weight is 310 g/mol. The van der Waals surface area contributed by atoms with Crippen LogP contribution in [0.3, 0.4) is 0 Å². The standard InChI is InChI=1S/C13H18N4O3S/c1-3-6-16-13(18)9(2)17-21(19,20)12-5-4-10(8-14)7-11(12)15/h4-5,7,9,17H,3,6,15H2,1-2H3,(H,16,18). The molecule has 1 rings (SSSR count). The van der Waals surface area contributed by atoms with Crippen LogP contribution in [0.25, 0.3) is 0 Å². The van der Waals surface area contributed by atoms with Crippen molar-refractivity contribution in [3.63, 3.8) is 0 Å². The molecule has 21 heavy (non-hydrogen) atoms. The van der Waals surface area contributed by atoms with E-state index in [1.807, 2.05) is 13.0 Å². The molecule has 0 saturated heterocycles. The van der Waals surface area contributed by atoms with Crippen LogP contribution in [0, 0.1) is 11.3 Å². The van der Waals surface area contributed by atoms with E-state index >= 15 is 0 Å². The molecule has 4 N–H and O–H groups in total. The van der Waals surface area contributed by atoms with E-state index in [1.165, 1.54) is 25.1 Å². The smallest absolute Gasteiger partial charge is 0.243 e. The number of nitrogens with two attached hydrogens (primary N) is 1. The van der Waals surface area contributed by atoms with E-state index in [-0.39, 0.29) is 16.1 Å². The van der Waals surface area contributed by atoms with E-state index in [4.69, 9.17) is 11.0 Å². The van der Waals surface area contributed by atoms with Crippen LogP contribution in [0.5, 0.6) is 0 Å². The zero-order valence-electron chi connectivity index (χ0n) is 11.9. The SMILES string of the molecule is CCCNC(=O)C(C)NS(=O)(=O)c1ccc(C#N)cc1N. The number of rotatable bonds is 6. The molecule has 0 radical (unpaired) electrons. The molecule has 8 heteroatoms. The first-order valence-electron chi connectivity index (χ1n) is 6.41. The number of anilines is 1. The van der Waals surface area contributed by atoms with E-state index in [1.54, 1.807) is 0 Å². The number of carbonyl (C=O) groups excluding carboxylic acids is 1. The van der Waals surface area contributed by atoms with Gasteiger partial charge in [-0.25, -0.2) is 8.42 Å². The third kappa shape index (κ3) is 4.44. The van der Waals surface area contributed by atoms with Gasteiger partial charge in [0.1, 0.15) is 4.90 Å². The highest BCUT2D eigenvalue weighted by molar-refractivity contribution is 7.89. The summed E-state index contributed by atoms with van der Waals surface area (Å²) in [5.41, 5.74) is 5.87. The molecule has 1 amide bonds. The minimum Gasteiger partial charge on any atom is -0.398 e. The molecule has 7 nitrogen and oxygen atoms in total. The lowest BCUT2D eigenvalue weighted by atomic mass is 10.2. The van der Waals surface area contributed by atoms with Crippen LogP contribution >= 0.6 is 0 Å². The van der Waals surface area contributed by atoms with Crippen molar-refractivity contribution in [2.75, 3.05) is 12.3 Å². The molecule has 0 aliphatic rings. The molecule has 0 spiro atoms. The van der Waals surface area contributed by atoms with Crippen LogP contribution in [0.4, 0.5) is 5.69 Å². The molecule has 1 aromatic rings. The summed E-state index contributed by atoms with van der Waals surface area (Å²) in [6.07, 6.45) is 0.758. The highest BCUT2D eigenvalue weighted by atomic mass is 32.2. The lowest BCUT2D eigenvalue weighted by molar-refractivity contribution is -0.122. The monoisotopic (exact) mass is 310 g/mol. The highest BCUT2D eigenvalue weighted by Crippen LogP contribution is 2.19. The molecule has 0 aliphatic heterocycles. The van der Waals surface area contributed by atoms with Gasteiger partial charge in [-0.05, 0) is 31.5 Å². The summed E-state index contributed by atoms with van der Waals surface area (Å²) in [6, 6.07) is 4.82. The molecule has 1 aromatic carbocycles. The zero-order valence-corrected chi connectivity index (χ0v) is 12.7. The van der Waals surface area contributed by atoms with Crippen LogP contribution in [0.15, 0.2) is 23.1 Å². The maximum absolute atomic E-state index is 12.2. The Labute approximate surface area is 124 Å². The largest absolute Gasteiger partial charge is 0.398 e. The zero-order chi connectivity index (χ0) is 16.0. The first-order valence-corrected chi connectivity index (χ1v) is 7.89. The fourth-order valence-corrected chi connectivity index (χ4v) is 2.93. The van der Waals surface area contributed by atoms with Crippen LogP contribution in [0.2, 0.25) is 0 Å². The second kappa shape index (κ2) is 7.06. The number of benzene rings is 1. The number of hydrogen-bond acceptors (Lipinski definition) is 5. The Bertz CT molecular complexity index is 664. The van der Waals surface area contributed by atoms with Gasteiger partial charge in [0.25, 0.3) is 0 Å². The van der Waals surface area contributed by atoms with E-state index in [9.17, 15) is 13.2 Å². The third-order valence-electron chi connectivity index (χ3n) is 2.70. The van der Waals surface area contributed by atoms with Gasteiger partial charge >= 0.3 is 0 Å². The van der Waals surface area contributed by atoms with E-state index in [0.717, 1.165) is 6.42 Å². The van der Waals surface area contributed by atoms with E-state index in [2.05, 4.69) is 10.0 Å². The first kappa shape index (κ1) is 16.9. The lowest BCUT2D eigenvalue weighted by Gasteiger charge is -2.15. The summed E-state index contributed by atoms with van der Waals surface area (Å²) in [5, 5.41) is 11.3. The fourth-order valence-electron chi connectivity index (χ4n) is 1.61. The molecule has 0 aliphatic carbocycles. The van der Waals surface area contributed by atoms with Gasteiger partial charge in [-0.2, -0.15) is 9.98 Å². The number of nitrogens with one attached hydrogen (secondary N) is 2. The molecular weight excluding hydrogens is 292 g/mol. The normalized spacial score (nSPS) is 12.4. The minimum atomic E-state index is -3.93. The van der Waals surface area contributed by atoms with Crippen molar-refractivity contribution in [1.29, 1.82) is 5.26 Å². The summed E-state index contributed by atoms with van der Waals surface area (Å²) >= 11 is 0. The Hall–Kier alpha value is -2.11. The van der Waals surface area contributed by atoms with Gasteiger partial charge in [0, 0.05) is 6.54 Å². The maximum Gasteiger partial charge on any atom is 0.243 e. The Balaban J connectivity index is 2.92. The predicted molar refractivity (Wildman–Crippen MR) is 78.7 cm³/mol. The average Bonchev–Trinajstić information content (AvgIpc) is 2.43. The van der Waals surface area contributed by atoms with Crippen LogP contribution in [0.1, 0.15) is 25.8 Å². The van der Waals surface area contributed by atoms with Crippen molar-refractivity contribution in [2.45, 2.75) is 31.2 Å². The number of sulfonamides is 1. The Morgan fingerprint density at radius 3 is 2.67 bits per heavy atom. The number of amides is 1. The first-order chi connectivity index (χ1) is 9.81. The summed E-state index contributed by atoms with van der Waals surface area (Å²) in [4.78, 5) is 11.5. The summed E-state index contributed by atoms with van der Waals surface area (Å²) in [7, 11) is -3.93. The van der Waals surface area contributed by atoms with Gasteiger partial charge in [-0.15, -0.1) is 0 Å². The minimum absolute atomic E-state index is 0.0392. The summed E-state index contributed by atoms with van der Waals surface area (Å²) in [5.74, 6) is -0.410. The van der Waals surface area contributed by atoms with Crippen molar-refractivity contribution >= 4 is 21.6 Å². The number of nitrogens with zero attached hydrogens (tertiary/aromatic N) is 1. The molecule has 0 fully saturated rings. The maximum atomic E-state index is 12.2. The van der Waals surface area contributed by atoms with Crippen molar-refractivity contribution < 1.29 is 13.2 Å². The summed E-state index contributed by atoms with van der Waals surface area (Å²) < 4.78 is 26.6. The van der Waals surface area contributed by atoms with Gasteiger partial charge in [0.15, 0.2) is 0 Å². The second-order valence-electron chi connectivity index (χ2n) is 4.50. The lowest BCUT2D eigenvalue weighted by Crippen LogP contribution is -2.45. The third-order valence-corrected chi connectivity index (χ3v) is 4.32. The topological polar surface area (TPSA) is 125 Å². The molecule has 1 unspecified atom stereocenters. The van der Waals surface area contributed by atoms with E-state index in [0.29, 0.717) is 6.54 Å². The Morgan fingerprint density at radius 2 is 2.14 bits per heavy atom. The predicted octanol–water partition coefficient (Wildman–Crippen LogP) is 0.333. The second-order valence-corrected chi connectivity index (χ2v) is 6.18. The molecule has 114 valence electrons. The van der Waals surface area contributed by atoms with Crippen LogP contribution in [-0.4, -0.2) is 26.9 Å². The van der Waals surface area contributed by atoms with Crippen molar-refractivity contribution in [3.05, 3.63) is 23.8 Å². The summed E-state index contributed by atoms with van der Waals surface area (Å²) in [6.45, 7) is 3.82. The van der Waals surface area contributed by atoms with Gasteiger partial charge in [-0.1, -0.05) is 6.92 Å². The van der Waals surface area contributed by atoms with Crippen molar-refractivity contribution in [2.24, 2.45) is 0 Å². The van der Waals surface area contributed by atoms with Gasteiger partial charge in [0.2, 0.25) is 15.9 Å². The van der Waals surface area contributed by atoms with Gasteiger partial charge in [-0.3, -0.25) is 4.79 Å². The van der Waals surface area contributed by atoms with E-state index < -0.39 is 22.0 Å². The molecule has 0 aromatic heterocycles. The number of hydrogen-bond donors (Lipinski definition) is 3. The van der Waals surface area contributed by atoms with Crippen molar-refractivity contribution in [1.82, 2.24) is 10.0 Å². The molecule has 1 atom stereocenters. The quantitative estimate of drug-likeness (QED) is 0.653. The Morgan fingerprint density at radius 1 is 1.48 bits per heavy atom. The fraction of sp³-hybridized carbons (Fsp3) is 0.385. The number of carbonyl (C=O) groups is 1. The Kier molecular flexibility index (Phi) is 5.69. The molecular formula is C13H18N4O3S. The molecule has 0 bridgehead atoms. The number of nitrogen functional groups attached to an aromatic ring is 1. The van der Waals surface area contributed by atoms with Gasteiger partial charge in [0.05, 0.1) is 23.4 Å². The van der Waals surface area contributed by atoms with Gasteiger partial charge < -0.3 is 11.1 Å². The van der Waals surface area contributed by atoms with Crippen LogP contribution in [-0.2, 0) is 14.8 Å². The van der Waals surface area contributed by atoms with Crippen molar-refractivity contribution in [3.8, 4) is 6.07 Å². The number of nitriles is 1. The molecule has 0 saturated carbocycles. The highest BCUT2D eigenvalue weighted by Gasteiger charge is 2.23. The molecule has 0 heterocycles. The van der Waals surface area contributed by atoms with Crippen LogP contribution < -0.4 is 15.8 Å².